The number of carbonyl (C=O) groups excluding carboxylic acids is 1. The lowest BCUT2D eigenvalue weighted by atomic mass is 10.0. The second kappa shape index (κ2) is 5.08. The Balaban J connectivity index is 2.09. The highest BCUT2D eigenvalue weighted by Crippen LogP contribution is 2.24. The number of aromatic amines is 1. The SMILES string of the molecule is Cc1ccc(C(=O)c2c[nH]c3cc(C#N)ccc23)cc1Cl. The third kappa shape index (κ3) is 2.31. The first-order valence-electron chi connectivity index (χ1n) is 6.42. The summed E-state index contributed by atoms with van der Waals surface area (Å²) in [5.41, 5.74) is 3.40. The van der Waals surface area contributed by atoms with Gasteiger partial charge in [-0.15, -0.1) is 0 Å². The summed E-state index contributed by atoms with van der Waals surface area (Å²) in [7, 11) is 0. The van der Waals surface area contributed by atoms with E-state index in [2.05, 4.69) is 11.1 Å². The van der Waals surface area contributed by atoms with E-state index in [1.807, 2.05) is 13.0 Å². The molecule has 0 spiro atoms. The lowest BCUT2D eigenvalue weighted by Crippen LogP contribution is -2.00. The number of aromatic nitrogens is 1. The summed E-state index contributed by atoms with van der Waals surface area (Å²) < 4.78 is 0. The largest absolute Gasteiger partial charge is 0.360 e. The minimum atomic E-state index is -0.0899. The van der Waals surface area contributed by atoms with E-state index in [9.17, 15) is 4.79 Å². The number of fused-ring (bicyclic) bond motifs is 1. The normalized spacial score (nSPS) is 10.5. The van der Waals surface area contributed by atoms with Crippen LogP contribution in [0.4, 0.5) is 0 Å². The number of carbonyl (C=O) groups is 1. The van der Waals surface area contributed by atoms with E-state index >= 15 is 0 Å². The fourth-order valence-corrected chi connectivity index (χ4v) is 2.45. The quantitative estimate of drug-likeness (QED) is 0.719. The first-order valence-corrected chi connectivity index (χ1v) is 6.80. The molecule has 4 heteroatoms. The van der Waals surface area contributed by atoms with Crippen molar-refractivity contribution in [3.63, 3.8) is 0 Å². The molecule has 1 heterocycles. The predicted molar refractivity (Wildman–Crippen MR) is 82.6 cm³/mol. The molecule has 3 nitrogen and oxygen atoms in total. The van der Waals surface area contributed by atoms with Crippen molar-refractivity contribution < 1.29 is 4.79 Å². The summed E-state index contributed by atoms with van der Waals surface area (Å²) in [5, 5.41) is 10.3. The van der Waals surface area contributed by atoms with Gasteiger partial charge in [0, 0.05) is 33.2 Å². The first-order chi connectivity index (χ1) is 10.1. The lowest BCUT2D eigenvalue weighted by molar-refractivity contribution is 0.104. The molecule has 2 aromatic carbocycles. The van der Waals surface area contributed by atoms with Gasteiger partial charge in [-0.1, -0.05) is 29.8 Å². The molecular formula is C17H11ClN2O. The Labute approximate surface area is 126 Å². The number of nitrogens with zero attached hydrogens (tertiary/aromatic N) is 1. The minimum absolute atomic E-state index is 0.0899. The van der Waals surface area contributed by atoms with Gasteiger partial charge in [0.25, 0.3) is 0 Å². The van der Waals surface area contributed by atoms with E-state index in [0.29, 0.717) is 21.7 Å². The highest BCUT2D eigenvalue weighted by molar-refractivity contribution is 6.32. The number of hydrogen-bond acceptors (Lipinski definition) is 2. The molecule has 21 heavy (non-hydrogen) atoms. The van der Waals surface area contributed by atoms with E-state index < -0.39 is 0 Å². The number of rotatable bonds is 2. The zero-order valence-corrected chi connectivity index (χ0v) is 12.0. The zero-order valence-electron chi connectivity index (χ0n) is 11.3. The highest BCUT2D eigenvalue weighted by atomic mass is 35.5. The van der Waals surface area contributed by atoms with Crippen molar-refractivity contribution in [2.45, 2.75) is 6.92 Å². The molecule has 102 valence electrons. The van der Waals surface area contributed by atoms with Crippen molar-refractivity contribution in [3.8, 4) is 6.07 Å². The molecule has 0 saturated heterocycles. The summed E-state index contributed by atoms with van der Waals surface area (Å²) in [6.45, 7) is 1.89. The van der Waals surface area contributed by atoms with E-state index in [1.165, 1.54) is 0 Å². The zero-order chi connectivity index (χ0) is 15.0. The predicted octanol–water partition coefficient (Wildman–Crippen LogP) is 4.23. The molecule has 0 atom stereocenters. The van der Waals surface area contributed by atoms with Crippen LogP contribution in [0, 0.1) is 18.3 Å². The molecule has 0 aliphatic carbocycles. The molecule has 3 aromatic rings. The number of halogens is 1. The van der Waals surface area contributed by atoms with Crippen molar-refractivity contribution in [2.75, 3.05) is 0 Å². The molecule has 0 aliphatic rings. The van der Waals surface area contributed by atoms with Crippen LogP contribution in [0.2, 0.25) is 5.02 Å². The fourth-order valence-electron chi connectivity index (χ4n) is 2.27. The fraction of sp³-hybridized carbons (Fsp3) is 0.0588. The average molecular weight is 295 g/mol. The Morgan fingerprint density at radius 2 is 2.05 bits per heavy atom. The maximum Gasteiger partial charge on any atom is 0.195 e. The minimum Gasteiger partial charge on any atom is -0.360 e. The summed E-state index contributed by atoms with van der Waals surface area (Å²) in [6, 6.07) is 12.6. The maximum absolute atomic E-state index is 12.6. The summed E-state index contributed by atoms with van der Waals surface area (Å²) in [4.78, 5) is 15.6. The molecule has 1 N–H and O–H groups in total. The van der Waals surface area contributed by atoms with Gasteiger partial charge in [0.1, 0.15) is 0 Å². The van der Waals surface area contributed by atoms with Crippen LogP contribution in [0.3, 0.4) is 0 Å². The molecule has 0 radical (unpaired) electrons. The van der Waals surface area contributed by atoms with Crippen molar-refractivity contribution >= 4 is 28.3 Å². The smallest absolute Gasteiger partial charge is 0.195 e. The second-order valence-corrected chi connectivity index (χ2v) is 5.27. The molecule has 1 aromatic heterocycles. The third-order valence-corrected chi connectivity index (χ3v) is 3.90. The first kappa shape index (κ1) is 13.4. The topological polar surface area (TPSA) is 56.6 Å². The Morgan fingerprint density at radius 3 is 2.76 bits per heavy atom. The van der Waals surface area contributed by atoms with E-state index in [0.717, 1.165) is 16.5 Å². The van der Waals surface area contributed by atoms with Crippen LogP contribution in [0.1, 0.15) is 27.0 Å². The molecule has 3 rings (SSSR count). The van der Waals surface area contributed by atoms with Crippen molar-refractivity contribution in [1.29, 1.82) is 5.26 Å². The van der Waals surface area contributed by atoms with Gasteiger partial charge in [0.05, 0.1) is 11.6 Å². The monoisotopic (exact) mass is 294 g/mol. The van der Waals surface area contributed by atoms with Crippen LogP contribution < -0.4 is 0 Å². The molecule has 0 bridgehead atoms. The number of nitriles is 1. The third-order valence-electron chi connectivity index (χ3n) is 3.49. The van der Waals surface area contributed by atoms with E-state index in [1.54, 1.807) is 36.5 Å². The van der Waals surface area contributed by atoms with E-state index in [-0.39, 0.29) is 5.78 Å². The van der Waals surface area contributed by atoms with Crippen LogP contribution >= 0.6 is 11.6 Å². The van der Waals surface area contributed by atoms with Gasteiger partial charge in [-0.3, -0.25) is 4.79 Å². The number of benzene rings is 2. The van der Waals surface area contributed by atoms with Crippen molar-refractivity contribution in [3.05, 3.63) is 69.9 Å². The van der Waals surface area contributed by atoms with Crippen molar-refractivity contribution in [2.24, 2.45) is 0 Å². The molecular weight excluding hydrogens is 284 g/mol. The van der Waals surface area contributed by atoms with Gasteiger partial charge in [0.2, 0.25) is 0 Å². The standard InChI is InChI=1S/C17H11ClN2O/c1-10-2-4-12(7-15(10)18)17(21)14-9-20-16-6-11(8-19)3-5-13(14)16/h2-7,9,20H,1H3. The molecule has 0 unspecified atom stereocenters. The summed E-state index contributed by atoms with van der Waals surface area (Å²) in [5.74, 6) is -0.0899. The molecule has 0 amide bonds. The highest BCUT2D eigenvalue weighted by Gasteiger charge is 2.15. The van der Waals surface area contributed by atoms with Gasteiger partial charge in [-0.25, -0.2) is 0 Å². The maximum atomic E-state index is 12.6. The van der Waals surface area contributed by atoms with Gasteiger partial charge in [0.15, 0.2) is 5.78 Å². The van der Waals surface area contributed by atoms with Crippen LogP contribution in [-0.4, -0.2) is 10.8 Å². The summed E-state index contributed by atoms with van der Waals surface area (Å²) in [6.07, 6.45) is 1.67. The molecule has 0 fully saturated rings. The molecule has 0 saturated carbocycles. The Hall–Kier alpha value is -2.57. The summed E-state index contributed by atoms with van der Waals surface area (Å²) >= 11 is 6.08. The van der Waals surface area contributed by atoms with E-state index in [4.69, 9.17) is 16.9 Å². The van der Waals surface area contributed by atoms with Gasteiger partial charge >= 0.3 is 0 Å². The average Bonchev–Trinajstić information content (AvgIpc) is 2.92. The van der Waals surface area contributed by atoms with Gasteiger partial charge < -0.3 is 4.98 Å². The second-order valence-electron chi connectivity index (χ2n) is 4.87. The number of H-pyrrole nitrogens is 1. The van der Waals surface area contributed by atoms with Crippen LogP contribution in [0.15, 0.2) is 42.6 Å². The Morgan fingerprint density at radius 1 is 1.24 bits per heavy atom. The number of hydrogen-bond donors (Lipinski definition) is 1. The Kier molecular flexibility index (Phi) is 3.25. The van der Waals surface area contributed by atoms with Crippen LogP contribution in [0.5, 0.6) is 0 Å². The number of aryl methyl sites for hydroxylation is 1. The van der Waals surface area contributed by atoms with Crippen LogP contribution in [-0.2, 0) is 0 Å². The number of ketones is 1. The van der Waals surface area contributed by atoms with Crippen LogP contribution in [0.25, 0.3) is 10.9 Å². The molecule has 0 aliphatic heterocycles. The van der Waals surface area contributed by atoms with Gasteiger partial charge in [-0.05, 0) is 30.7 Å². The lowest BCUT2D eigenvalue weighted by Gasteiger charge is -2.03. The van der Waals surface area contributed by atoms with Crippen molar-refractivity contribution in [1.82, 2.24) is 4.98 Å². The number of nitrogens with one attached hydrogen (secondary N) is 1. The Bertz CT molecular complexity index is 903. The van der Waals surface area contributed by atoms with Gasteiger partial charge in [-0.2, -0.15) is 5.26 Å².